The highest BCUT2D eigenvalue weighted by atomic mass is 16.5. The maximum Gasteiger partial charge on any atom is 0.251 e. The van der Waals surface area contributed by atoms with Gasteiger partial charge in [0, 0.05) is 11.6 Å². The van der Waals surface area contributed by atoms with Gasteiger partial charge in [-0.15, -0.1) is 0 Å². The van der Waals surface area contributed by atoms with E-state index >= 15 is 0 Å². The number of carbonyl (C=O) groups excluding carboxylic acids is 1. The third-order valence-electron chi connectivity index (χ3n) is 4.46. The maximum atomic E-state index is 12.6. The Kier molecular flexibility index (Phi) is 6.10. The van der Waals surface area contributed by atoms with Crippen LogP contribution in [0.1, 0.15) is 36.0 Å². The fraction of sp³-hybridized carbons (Fsp3) is 0.588. The minimum absolute atomic E-state index is 0.125. The molecule has 1 saturated carbocycles. The number of hydrogen-bond donors (Lipinski definition) is 2. The molecule has 6 heteroatoms. The second-order valence-electron chi connectivity index (χ2n) is 5.77. The topological polar surface area (TPSA) is 82.8 Å². The monoisotopic (exact) mass is 322 g/mol. The minimum Gasteiger partial charge on any atom is -0.493 e. The van der Waals surface area contributed by atoms with E-state index < -0.39 is 0 Å². The Bertz CT molecular complexity index is 522. The number of nitrogens with one attached hydrogen (secondary N) is 1. The number of ether oxygens (including phenoxy) is 3. The predicted octanol–water partition coefficient (Wildman–Crippen LogP) is 1.96. The van der Waals surface area contributed by atoms with E-state index in [2.05, 4.69) is 5.32 Å². The summed E-state index contributed by atoms with van der Waals surface area (Å²) in [7, 11) is 4.60. The molecule has 0 spiro atoms. The molecule has 1 fully saturated rings. The molecular weight excluding hydrogens is 296 g/mol. The van der Waals surface area contributed by atoms with E-state index in [-0.39, 0.29) is 11.9 Å². The predicted molar refractivity (Wildman–Crippen MR) is 88.4 cm³/mol. The average molecular weight is 322 g/mol. The lowest BCUT2D eigenvalue weighted by molar-refractivity contribution is 0.0907. The summed E-state index contributed by atoms with van der Waals surface area (Å²) in [5.74, 6) is 1.61. The molecule has 0 aliphatic heterocycles. The van der Waals surface area contributed by atoms with Crippen molar-refractivity contribution >= 4 is 5.91 Å². The zero-order valence-electron chi connectivity index (χ0n) is 14.1. The molecule has 2 rings (SSSR count). The highest BCUT2D eigenvalue weighted by molar-refractivity contribution is 5.95. The molecular formula is C17H26N2O4. The van der Waals surface area contributed by atoms with Gasteiger partial charge in [0.25, 0.3) is 5.91 Å². The Morgan fingerprint density at radius 1 is 1.13 bits per heavy atom. The molecule has 0 radical (unpaired) electrons. The Hall–Kier alpha value is -1.95. The van der Waals surface area contributed by atoms with Crippen molar-refractivity contribution in [1.82, 2.24) is 5.32 Å². The largest absolute Gasteiger partial charge is 0.493 e. The summed E-state index contributed by atoms with van der Waals surface area (Å²) < 4.78 is 15.9. The molecule has 23 heavy (non-hydrogen) atoms. The Balaban J connectivity index is 2.21. The highest BCUT2D eigenvalue weighted by Gasteiger charge is 2.26. The third-order valence-corrected chi connectivity index (χ3v) is 4.46. The smallest absolute Gasteiger partial charge is 0.251 e. The summed E-state index contributed by atoms with van der Waals surface area (Å²) in [6, 6.07) is 3.45. The molecule has 6 nitrogen and oxygen atoms in total. The molecule has 2 unspecified atom stereocenters. The molecule has 0 saturated heterocycles. The van der Waals surface area contributed by atoms with E-state index in [1.54, 1.807) is 12.1 Å². The first-order valence-electron chi connectivity index (χ1n) is 7.95. The summed E-state index contributed by atoms with van der Waals surface area (Å²) in [6.07, 6.45) is 4.34. The van der Waals surface area contributed by atoms with Crippen molar-refractivity contribution in [2.45, 2.75) is 31.7 Å². The average Bonchev–Trinajstić information content (AvgIpc) is 2.60. The van der Waals surface area contributed by atoms with Crippen LogP contribution in [0.5, 0.6) is 17.2 Å². The highest BCUT2D eigenvalue weighted by Crippen LogP contribution is 2.38. The fourth-order valence-electron chi connectivity index (χ4n) is 3.14. The van der Waals surface area contributed by atoms with Crippen molar-refractivity contribution in [3.05, 3.63) is 17.7 Å². The SMILES string of the molecule is COc1cc(C(=O)NC2CCCCC2CN)cc(OC)c1OC. The number of benzene rings is 1. The second-order valence-corrected chi connectivity index (χ2v) is 5.77. The third kappa shape index (κ3) is 3.88. The lowest BCUT2D eigenvalue weighted by atomic mass is 9.84. The van der Waals surface area contributed by atoms with Gasteiger partial charge >= 0.3 is 0 Å². The molecule has 1 aliphatic carbocycles. The van der Waals surface area contributed by atoms with Crippen LogP contribution in [-0.2, 0) is 0 Å². The summed E-state index contributed by atoms with van der Waals surface area (Å²) in [5, 5.41) is 3.11. The Morgan fingerprint density at radius 2 is 1.74 bits per heavy atom. The molecule has 1 aromatic carbocycles. The number of amides is 1. The van der Waals surface area contributed by atoms with Crippen LogP contribution in [0.4, 0.5) is 0 Å². The van der Waals surface area contributed by atoms with Crippen LogP contribution in [0.2, 0.25) is 0 Å². The van der Waals surface area contributed by atoms with E-state index in [1.165, 1.54) is 27.8 Å². The molecule has 128 valence electrons. The molecule has 0 heterocycles. The number of rotatable bonds is 6. The lowest BCUT2D eigenvalue weighted by Gasteiger charge is -2.31. The number of carbonyl (C=O) groups is 1. The van der Waals surface area contributed by atoms with Crippen LogP contribution in [0.15, 0.2) is 12.1 Å². The number of hydrogen-bond acceptors (Lipinski definition) is 5. The normalized spacial score (nSPS) is 20.7. The summed E-state index contributed by atoms with van der Waals surface area (Å²) >= 11 is 0. The Labute approximate surface area is 137 Å². The standard InChI is InChI=1S/C17H26N2O4/c1-21-14-8-12(9-15(22-2)16(14)23-3)17(20)19-13-7-5-4-6-11(13)10-18/h8-9,11,13H,4-7,10,18H2,1-3H3,(H,19,20). The fourth-order valence-corrected chi connectivity index (χ4v) is 3.14. The molecule has 1 aliphatic rings. The van der Waals surface area contributed by atoms with Gasteiger partial charge in [-0.1, -0.05) is 12.8 Å². The van der Waals surface area contributed by atoms with Crippen LogP contribution in [0.3, 0.4) is 0 Å². The number of nitrogens with two attached hydrogens (primary N) is 1. The molecule has 3 N–H and O–H groups in total. The van der Waals surface area contributed by atoms with E-state index in [4.69, 9.17) is 19.9 Å². The van der Waals surface area contributed by atoms with E-state index in [1.807, 2.05) is 0 Å². The van der Waals surface area contributed by atoms with Gasteiger partial charge < -0.3 is 25.3 Å². The molecule has 0 aromatic heterocycles. The first-order valence-corrected chi connectivity index (χ1v) is 7.95. The summed E-state index contributed by atoms with van der Waals surface area (Å²) in [5.41, 5.74) is 6.32. The molecule has 2 atom stereocenters. The van der Waals surface area contributed by atoms with Crippen LogP contribution in [0.25, 0.3) is 0 Å². The van der Waals surface area contributed by atoms with Crippen LogP contribution in [0, 0.1) is 5.92 Å². The van der Waals surface area contributed by atoms with Gasteiger partial charge in [0.15, 0.2) is 11.5 Å². The van der Waals surface area contributed by atoms with Crippen molar-refractivity contribution < 1.29 is 19.0 Å². The first kappa shape index (κ1) is 17.4. The van der Waals surface area contributed by atoms with Gasteiger partial charge in [-0.3, -0.25) is 4.79 Å². The van der Waals surface area contributed by atoms with Gasteiger partial charge in [-0.2, -0.15) is 0 Å². The van der Waals surface area contributed by atoms with Crippen LogP contribution in [-0.4, -0.2) is 39.8 Å². The van der Waals surface area contributed by atoms with E-state index in [0.717, 1.165) is 19.3 Å². The van der Waals surface area contributed by atoms with Gasteiger partial charge in [0.1, 0.15) is 0 Å². The number of methoxy groups -OCH3 is 3. The van der Waals surface area contributed by atoms with Crippen molar-refractivity contribution in [3.63, 3.8) is 0 Å². The van der Waals surface area contributed by atoms with Crippen molar-refractivity contribution in [3.8, 4) is 17.2 Å². The molecule has 1 aromatic rings. The van der Waals surface area contributed by atoms with Crippen LogP contribution >= 0.6 is 0 Å². The molecule has 0 bridgehead atoms. The van der Waals surface area contributed by atoms with E-state index in [0.29, 0.717) is 35.3 Å². The van der Waals surface area contributed by atoms with Gasteiger partial charge in [0.05, 0.1) is 21.3 Å². The quantitative estimate of drug-likeness (QED) is 0.836. The van der Waals surface area contributed by atoms with Gasteiger partial charge in [-0.05, 0) is 37.4 Å². The van der Waals surface area contributed by atoms with Crippen molar-refractivity contribution in [1.29, 1.82) is 0 Å². The maximum absolute atomic E-state index is 12.6. The van der Waals surface area contributed by atoms with E-state index in [9.17, 15) is 4.79 Å². The molecule has 1 amide bonds. The zero-order chi connectivity index (χ0) is 16.8. The van der Waals surface area contributed by atoms with Gasteiger partial charge in [-0.25, -0.2) is 0 Å². The van der Waals surface area contributed by atoms with Gasteiger partial charge in [0.2, 0.25) is 5.75 Å². The van der Waals surface area contributed by atoms with Crippen molar-refractivity contribution in [2.75, 3.05) is 27.9 Å². The Morgan fingerprint density at radius 3 is 2.26 bits per heavy atom. The lowest BCUT2D eigenvalue weighted by Crippen LogP contribution is -2.44. The second kappa shape index (κ2) is 8.06. The summed E-state index contributed by atoms with van der Waals surface area (Å²) in [6.45, 7) is 0.597. The minimum atomic E-state index is -0.144. The summed E-state index contributed by atoms with van der Waals surface area (Å²) in [4.78, 5) is 12.6. The zero-order valence-corrected chi connectivity index (χ0v) is 14.1. The first-order chi connectivity index (χ1) is 11.1. The van der Waals surface area contributed by atoms with Crippen LogP contribution < -0.4 is 25.3 Å². The van der Waals surface area contributed by atoms with Crippen molar-refractivity contribution in [2.24, 2.45) is 11.7 Å².